The van der Waals surface area contributed by atoms with Crippen molar-refractivity contribution in [1.29, 1.82) is 0 Å². The van der Waals surface area contributed by atoms with Gasteiger partial charge in [0.15, 0.2) is 0 Å². The van der Waals surface area contributed by atoms with Crippen molar-refractivity contribution in [3.63, 3.8) is 0 Å². The Hall–Kier alpha value is -5.54. The number of hydrogen-bond acceptors (Lipinski definition) is 3. The molecule has 0 saturated heterocycles. The van der Waals surface area contributed by atoms with E-state index in [2.05, 4.69) is 150 Å². The van der Waals surface area contributed by atoms with Crippen molar-refractivity contribution < 1.29 is 4.42 Å². The minimum atomic E-state index is 0.0739. The highest BCUT2D eigenvalue weighted by molar-refractivity contribution is 6.19. The Kier molecular flexibility index (Phi) is 5.32. The SMILES string of the molecule is C1=Cc2ccc3c(c2NC1)NC(c1cccc(-c2cc4c5cc(-c6ccccc6)ccc5oc4c4ccccc24)c1)C=C3. The number of benzene rings is 6. The zero-order valence-electron chi connectivity index (χ0n) is 23.5. The Morgan fingerprint density at radius 1 is 0.581 bits per heavy atom. The Balaban J connectivity index is 1.18. The quantitative estimate of drug-likeness (QED) is 0.229. The van der Waals surface area contributed by atoms with Crippen LogP contribution in [0.5, 0.6) is 0 Å². The van der Waals surface area contributed by atoms with Gasteiger partial charge in [0.2, 0.25) is 0 Å². The lowest BCUT2D eigenvalue weighted by atomic mass is 9.91. The molecular weight excluding hydrogens is 524 g/mol. The molecule has 1 aromatic heterocycles. The summed E-state index contributed by atoms with van der Waals surface area (Å²) in [6.45, 7) is 0.847. The summed E-state index contributed by atoms with van der Waals surface area (Å²) >= 11 is 0. The molecule has 2 aliphatic rings. The first-order valence-electron chi connectivity index (χ1n) is 14.9. The van der Waals surface area contributed by atoms with Crippen LogP contribution in [0.2, 0.25) is 0 Å². The molecule has 0 amide bonds. The first kappa shape index (κ1) is 24.1. The van der Waals surface area contributed by atoms with Crippen LogP contribution in [-0.4, -0.2) is 6.54 Å². The molecule has 204 valence electrons. The van der Waals surface area contributed by atoms with Crippen LogP contribution < -0.4 is 10.6 Å². The summed E-state index contributed by atoms with van der Waals surface area (Å²) in [4.78, 5) is 0. The molecule has 3 heteroatoms. The number of rotatable bonds is 3. The molecule has 7 aromatic rings. The molecule has 3 heterocycles. The molecule has 0 radical (unpaired) electrons. The third-order valence-electron chi connectivity index (χ3n) is 8.87. The largest absolute Gasteiger partial charge is 0.455 e. The molecule has 2 aliphatic heterocycles. The van der Waals surface area contributed by atoms with E-state index in [4.69, 9.17) is 4.42 Å². The van der Waals surface area contributed by atoms with Gasteiger partial charge in [-0.2, -0.15) is 0 Å². The van der Waals surface area contributed by atoms with Gasteiger partial charge in [-0.3, -0.25) is 0 Å². The Morgan fingerprint density at radius 2 is 1.40 bits per heavy atom. The molecule has 1 unspecified atom stereocenters. The molecule has 0 bridgehead atoms. The predicted molar refractivity (Wildman–Crippen MR) is 181 cm³/mol. The number of furan rings is 1. The summed E-state index contributed by atoms with van der Waals surface area (Å²) in [6, 6.07) is 41.4. The molecule has 3 nitrogen and oxygen atoms in total. The van der Waals surface area contributed by atoms with Crippen LogP contribution >= 0.6 is 0 Å². The molecule has 2 N–H and O–H groups in total. The molecule has 0 saturated carbocycles. The van der Waals surface area contributed by atoms with Gasteiger partial charge in [-0.15, -0.1) is 0 Å². The topological polar surface area (TPSA) is 37.2 Å². The van der Waals surface area contributed by atoms with Crippen molar-refractivity contribution in [3.8, 4) is 22.3 Å². The van der Waals surface area contributed by atoms with E-state index in [1.54, 1.807) is 0 Å². The Bertz CT molecular complexity index is 2270. The van der Waals surface area contributed by atoms with Gasteiger partial charge in [-0.1, -0.05) is 115 Å². The van der Waals surface area contributed by atoms with Crippen LogP contribution in [0.1, 0.15) is 22.7 Å². The van der Waals surface area contributed by atoms with Crippen LogP contribution in [0.25, 0.3) is 67.1 Å². The van der Waals surface area contributed by atoms with E-state index in [-0.39, 0.29) is 6.04 Å². The van der Waals surface area contributed by atoms with Crippen molar-refractivity contribution in [2.24, 2.45) is 0 Å². The number of nitrogens with one attached hydrogen (secondary N) is 2. The fraction of sp³-hybridized carbons (Fsp3) is 0.0500. The standard InChI is InChI=1S/C40H28N2O/c1-2-8-25(9-3-1)28-18-20-37-34(23-28)35-24-33(31-13-4-5-14-32(31)40(35)43-37)29-10-6-11-30(22-29)36-19-17-27-16-15-26-12-7-21-41-38(26)39(27)42-36/h1-20,22-24,36,41-42H,21H2. The zero-order chi connectivity index (χ0) is 28.3. The van der Waals surface area contributed by atoms with Crippen LogP contribution in [0.4, 0.5) is 11.4 Å². The van der Waals surface area contributed by atoms with E-state index < -0.39 is 0 Å². The van der Waals surface area contributed by atoms with Crippen molar-refractivity contribution in [2.75, 3.05) is 17.2 Å². The van der Waals surface area contributed by atoms with Crippen molar-refractivity contribution >= 4 is 56.2 Å². The number of anilines is 2. The van der Waals surface area contributed by atoms with E-state index in [0.717, 1.165) is 33.9 Å². The third-order valence-corrected chi connectivity index (χ3v) is 8.87. The van der Waals surface area contributed by atoms with Gasteiger partial charge in [-0.25, -0.2) is 0 Å². The van der Waals surface area contributed by atoms with Gasteiger partial charge in [0, 0.05) is 22.7 Å². The molecule has 1 atom stereocenters. The van der Waals surface area contributed by atoms with Gasteiger partial charge >= 0.3 is 0 Å². The lowest BCUT2D eigenvalue weighted by molar-refractivity contribution is 0.673. The lowest BCUT2D eigenvalue weighted by Gasteiger charge is -2.28. The first-order chi connectivity index (χ1) is 21.3. The molecule has 9 rings (SSSR count). The van der Waals surface area contributed by atoms with Crippen molar-refractivity contribution in [3.05, 3.63) is 144 Å². The molecule has 0 aliphatic carbocycles. The van der Waals surface area contributed by atoms with Gasteiger partial charge in [0.05, 0.1) is 17.4 Å². The number of fused-ring (bicyclic) bond motifs is 8. The molecule has 0 fully saturated rings. The average molecular weight is 553 g/mol. The van der Waals surface area contributed by atoms with Gasteiger partial charge in [0.25, 0.3) is 0 Å². The maximum Gasteiger partial charge on any atom is 0.143 e. The Morgan fingerprint density at radius 3 is 2.30 bits per heavy atom. The van der Waals surface area contributed by atoms with Crippen molar-refractivity contribution in [1.82, 2.24) is 0 Å². The second kappa shape index (κ2) is 9.50. The van der Waals surface area contributed by atoms with Crippen LogP contribution in [0.3, 0.4) is 0 Å². The molecule has 6 aromatic carbocycles. The molecular formula is C40H28N2O. The fourth-order valence-corrected chi connectivity index (χ4v) is 6.75. The highest BCUT2D eigenvalue weighted by Gasteiger charge is 2.21. The Labute approximate surface area is 249 Å². The zero-order valence-corrected chi connectivity index (χ0v) is 23.5. The monoisotopic (exact) mass is 552 g/mol. The average Bonchev–Trinajstić information content (AvgIpc) is 3.46. The highest BCUT2D eigenvalue weighted by atomic mass is 16.3. The van der Waals surface area contributed by atoms with E-state index in [1.807, 2.05) is 0 Å². The fourth-order valence-electron chi connectivity index (χ4n) is 6.75. The summed E-state index contributed by atoms with van der Waals surface area (Å²) in [5, 5.41) is 12.0. The second-order valence-electron chi connectivity index (χ2n) is 11.4. The van der Waals surface area contributed by atoms with Crippen LogP contribution in [-0.2, 0) is 0 Å². The van der Waals surface area contributed by atoms with Crippen LogP contribution in [0, 0.1) is 0 Å². The number of hydrogen-bond donors (Lipinski definition) is 2. The predicted octanol–water partition coefficient (Wildman–Crippen LogP) is 10.7. The van der Waals surface area contributed by atoms with Crippen molar-refractivity contribution in [2.45, 2.75) is 6.04 Å². The minimum absolute atomic E-state index is 0.0739. The summed E-state index contributed by atoms with van der Waals surface area (Å²) in [6.07, 6.45) is 8.88. The minimum Gasteiger partial charge on any atom is -0.455 e. The van der Waals surface area contributed by atoms with Gasteiger partial charge in [0.1, 0.15) is 11.2 Å². The first-order valence-corrected chi connectivity index (χ1v) is 14.9. The normalized spacial score (nSPS) is 15.3. The van der Waals surface area contributed by atoms with Gasteiger partial charge in [-0.05, 0) is 68.6 Å². The van der Waals surface area contributed by atoms with E-state index >= 15 is 0 Å². The van der Waals surface area contributed by atoms with Crippen LogP contribution in [0.15, 0.2) is 132 Å². The maximum atomic E-state index is 6.52. The van der Waals surface area contributed by atoms with Gasteiger partial charge < -0.3 is 15.1 Å². The summed E-state index contributed by atoms with van der Waals surface area (Å²) in [7, 11) is 0. The highest BCUT2D eigenvalue weighted by Crippen LogP contribution is 2.43. The summed E-state index contributed by atoms with van der Waals surface area (Å²) in [5.74, 6) is 0. The molecule has 43 heavy (non-hydrogen) atoms. The van der Waals surface area contributed by atoms with E-state index in [9.17, 15) is 0 Å². The maximum absolute atomic E-state index is 6.52. The smallest absolute Gasteiger partial charge is 0.143 e. The van der Waals surface area contributed by atoms with E-state index in [1.165, 1.54) is 55.7 Å². The summed E-state index contributed by atoms with van der Waals surface area (Å²) in [5.41, 5.74) is 12.7. The summed E-state index contributed by atoms with van der Waals surface area (Å²) < 4.78 is 6.52. The third kappa shape index (κ3) is 3.89. The lowest BCUT2D eigenvalue weighted by Crippen LogP contribution is -2.16. The van der Waals surface area contributed by atoms with E-state index in [0.29, 0.717) is 0 Å². The molecule has 0 spiro atoms. The second-order valence-corrected chi connectivity index (χ2v) is 11.4.